The summed E-state index contributed by atoms with van der Waals surface area (Å²) in [5.41, 5.74) is 0.963. The van der Waals surface area contributed by atoms with Crippen molar-refractivity contribution in [3.63, 3.8) is 0 Å². The molecule has 6 heteroatoms. The van der Waals surface area contributed by atoms with Crippen molar-refractivity contribution in [2.45, 2.75) is 13.0 Å². The van der Waals surface area contributed by atoms with Crippen molar-refractivity contribution in [1.82, 2.24) is 15.3 Å². The van der Waals surface area contributed by atoms with Crippen LogP contribution in [0, 0.1) is 0 Å². The van der Waals surface area contributed by atoms with Gasteiger partial charge in [-0.05, 0) is 44.5 Å². The maximum absolute atomic E-state index is 4.46. The van der Waals surface area contributed by atoms with Crippen LogP contribution in [-0.2, 0) is 0 Å². The summed E-state index contributed by atoms with van der Waals surface area (Å²) < 4.78 is 1.94. The van der Waals surface area contributed by atoms with Crippen LogP contribution < -0.4 is 5.32 Å². The Kier molecular flexibility index (Phi) is 4.67. The number of pyridine rings is 1. The van der Waals surface area contributed by atoms with Gasteiger partial charge in [0.05, 0.1) is 5.69 Å². The lowest BCUT2D eigenvalue weighted by molar-refractivity contribution is 0.609. The number of thiazole rings is 1. The van der Waals surface area contributed by atoms with Crippen LogP contribution in [0.5, 0.6) is 0 Å². The second kappa shape index (κ2) is 6.04. The SMILES string of the molecule is CCNC(c1nccs1)c1ncc(Br)cc1Br. The topological polar surface area (TPSA) is 37.8 Å². The van der Waals surface area contributed by atoms with E-state index in [9.17, 15) is 0 Å². The Balaban J connectivity index is 2.39. The fourth-order valence-electron chi connectivity index (χ4n) is 1.52. The molecule has 3 nitrogen and oxygen atoms in total. The highest BCUT2D eigenvalue weighted by Crippen LogP contribution is 2.29. The molecule has 0 aliphatic heterocycles. The molecule has 0 bridgehead atoms. The molecule has 0 saturated carbocycles. The molecule has 1 N–H and O–H groups in total. The van der Waals surface area contributed by atoms with Gasteiger partial charge < -0.3 is 5.32 Å². The van der Waals surface area contributed by atoms with Gasteiger partial charge in [0.2, 0.25) is 0 Å². The molecule has 17 heavy (non-hydrogen) atoms. The van der Waals surface area contributed by atoms with E-state index in [1.807, 2.05) is 17.6 Å². The van der Waals surface area contributed by atoms with Gasteiger partial charge in [-0.2, -0.15) is 0 Å². The van der Waals surface area contributed by atoms with E-state index in [4.69, 9.17) is 0 Å². The van der Waals surface area contributed by atoms with Crippen LogP contribution in [0.1, 0.15) is 23.7 Å². The summed E-state index contributed by atoms with van der Waals surface area (Å²) in [6.45, 7) is 2.95. The van der Waals surface area contributed by atoms with Crippen LogP contribution in [0.2, 0.25) is 0 Å². The van der Waals surface area contributed by atoms with Crippen LogP contribution in [0.3, 0.4) is 0 Å². The lowest BCUT2D eigenvalue weighted by Gasteiger charge is -2.16. The summed E-state index contributed by atoms with van der Waals surface area (Å²) in [5, 5.41) is 6.41. The van der Waals surface area contributed by atoms with E-state index in [1.165, 1.54) is 0 Å². The summed E-state index contributed by atoms with van der Waals surface area (Å²) in [6.07, 6.45) is 3.62. The summed E-state index contributed by atoms with van der Waals surface area (Å²) >= 11 is 8.59. The number of nitrogens with one attached hydrogen (secondary N) is 1. The van der Waals surface area contributed by atoms with Gasteiger partial charge in [-0.25, -0.2) is 4.98 Å². The number of hydrogen-bond acceptors (Lipinski definition) is 4. The maximum Gasteiger partial charge on any atom is 0.116 e. The highest BCUT2D eigenvalue weighted by molar-refractivity contribution is 9.11. The van der Waals surface area contributed by atoms with E-state index in [0.29, 0.717) is 0 Å². The molecule has 1 atom stereocenters. The molecule has 0 aliphatic rings. The van der Waals surface area contributed by atoms with Crippen molar-refractivity contribution in [3.05, 3.63) is 43.5 Å². The van der Waals surface area contributed by atoms with Crippen molar-refractivity contribution in [2.75, 3.05) is 6.54 Å². The Morgan fingerprint density at radius 3 is 2.82 bits per heavy atom. The van der Waals surface area contributed by atoms with E-state index in [-0.39, 0.29) is 6.04 Å². The molecular weight excluding hydrogens is 366 g/mol. The zero-order chi connectivity index (χ0) is 12.3. The number of rotatable bonds is 4. The number of halogens is 2. The molecule has 0 aliphatic carbocycles. The summed E-state index contributed by atoms with van der Waals surface area (Å²) in [5.74, 6) is 0. The first-order valence-electron chi connectivity index (χ1n) is 5.16. The van der Waals surface area contributed by atoms with Crippen LogP contribution in [0.25, 0.3) is 0 Å². The van der Waals surface area contributed by atoms with Crippen molar-refractivity contribution >= 4 is 43.2 Å². The molecule has 0 saturated heterocycles. The molecule has 0 amide bonds. The van der Waals surface area contributed by atoms with Gasteiger partial charge in [0.15, 0.2) is 0 Å². The third kappa shape index (κ3) is 3.13. The summed E-state index contributed by atoms with van der Waals surface area (Å²) in [6, 6.07) is 2.04. The average Bonchev–Trinajstić information content (AvgIpc) is 2.80. The first-order valence-corrected chi connectivity index (χ1v) is 7.62. The van der Waals surface area contributed by atoms with E-state index >= 15 is 0 Å². The van der Waals surface area contributed by atoms with Gasteiger partial charge >= 0.3 is 0 Å². The number of nitrogens with zero attached hydrogens (tertiary/aromatic N) is 2. The van der Waals surface area contributed by atoms with Crippen LogP contribution in [0.15, 0.2) is 32.8 Å². The second-order valence-electron chi connectivity index (χ2n) is 3.38. The van der Waals surface area contributed by atoms with Gasteiger partial charge in [-0.3, -0.25) is 4.98 Å². The second-order valence-corrected chi connectivity index (χ2v) is 6.08. The molecular formula is C11H11Br2N3S. The molecule has 0 aromatic carbocycles. The monoisotopic (exact) mass is 375 g/mol. The summed E-state index contributed by atoms with van der Waals surface area (Å²) in [4.78, 5) is 8.82. The first-order chi connectivity index (χ1) is 8.22. The maximum atomic E-state index is 4.46. The van der Waals surface area contributed by atoms with Crippen LogP contribution >= 0.6 is 43.2 Å². The van der Waals surface area contributed by atoms with Crippen molar-refractivity contribution < 1.29 is 0 Å². The molecule has 2 heterocycles. The Hall–Kier alpha value is -0.300. The molecule has 2 aromatic heterocycles. The fourth-order valence-corrected chi connectivity index (χ4v) is 3.45. The minimum Gasteiger partial charge on any atom is -0.303 e. The summed E-state index contributed by atoms with van der Waals surface area (Å²) in [7, 11) is 0. The van der Waals surface area contributed by atoms with Gasteiger partial charge in [0.1, 0.15) is 11.0 Å². The molecule has 0 radical (unpaired) electrons. The van der Waals surface area contributed by atoms with Gasteiger partial charge in [-0.15, -0.1) is 11.3 Å². The smallest absolute Gasteiger partial charge is 0.116 e. The van der Waals surface area contributed by atoms with Gasteiger partial charge in [0, 0.05) is 26.7 Å². The zero-order valence-electron chi connectivity index (χ0n) is 9.15. The first kappa shape index (κ1) is 13.1. The third-order valence-electron chi connectivity index (χ3n) is 2.22. The van der Waals surface area contributed by atoms with Gasteiger partial charge in [-0.1, -0.05) is 6.92 Å². The third-order valence-corrected chi connectivity index (χ3v) is 4.13. The number of aromatic nitrogens is 2. The highest BCUT2D eigenvalue weighted by atomic mass is 79.9. The van der Waals surface area contributed by atoms with Crippen LogP contribution in [0.4, 0.5) is 0 Å². The zero-order valence-corrected chi connectivity index (χ0v) is 13.1. The Bertz CT molecular complexity index is 487. The Labute approximate surface area is 121 Å². The van der Waals surface area contributed by atoms with Crippen molar-refractivity contribution in [1.29, 1.82) is 0 Å². The molecule has 1 unspecified atom stereocenters. The normalized spacial score (nSPS) is 12.6. The highest BCUT2D eigenvalue weighted by Gasteiger charge is 2.19. The molecule has 90 valence electrons. The van der Waals surface area contributed by atoms with Crippen molar-refractivity contribution in [3.8, 4) is 0 Å². The molecule has 0 fully saturated rings. The minimum absolute atomic E-state index is 0.0440. The van der Waals surface area contributed by atoms with E-state index < -0.39 is 0 Å². The predicted molar refractivity (Wildman–Crippen MR) is 77.3 cm³/mol. The quantitative estimate of drug-likeness (QED) is 0.882. The van der Waals surface area contributed by atoms with E-state index in [2.05, 4.69) is 54.1 Å². The number of hydrogen-bond donors (Lipinski definition) is 1. The van der Waals surface area contributed by atoms with Crippen LogP contribution in [-0.4, -0.2) is 16.5 Å². The lowest BCUT2D eigenvalue weighted by atomic mass is 10.2. The fraction of sp³-hybridized carbons (Fsp3) is 0.273. The van der Waals surface area contributed by atoms with E-state index in [0.717, 1.165) is 26.2 Å². The standard InChI is InChI=1S/C11H11Br2N3S/c1-2-14-10(11-15-3-4-17-11)9-8(13)5-7(12)6-16-9/h3-6,10,14H,2H2,1H3. The molecule has 2 aromatic rings. The van der Waals surface area contributed by atoms with Gasteiger partial charge in [0.25, 0.3) is 0 Å². The van der Waals surface area contributed by atoms with E-state index in [1.54, 1.807) is 17.5 Å². The lowest BCUT2D eigenvalue weighted by Crippen LogP contribution is -2.23. The molecule has 0 spiro atoms. The largest absolute Gasteiger partial charge is 0.303 e. The minimum atomic E-state index is 0.0440. The Morgan fingerprint density at radius 1 is 1.41 bits per heavy atom. The molecule has 2 rings (SSSR count). The van der Waals surface area contributed by atoms with Crippen molar-refractivity contribution in [2.24, 2.45) is 0 Å². The predicted octanol–water partition coefficient (Wildman–Crippen LogP) is 3.76. The Morgan fingerprint density at radius 2 is 2.24 bits per heavy atom. The average molecular weight is 377 g/mol.